The van der Waals surface area contributed by atoms with Gasteiger partial charge >= 0.3 is 5.97 Å². The van der Waals surface area contributed by atoms with Crippen molar-refractivity contribution in [2.45, 2.75) is 26.2 Å². The zero-order chi connectivity index (χ0) is 29.0. The zero-order valence-corrected chi connectivity index (χ0v) is 23.7. The van der Waals surface area contributed by atoms with Crippen LogP contribution in [0.25, 0.3) is 22.3 Å². The van der Waals surface area contributed by atoms with Gasteiger partial charge in [-0.3, -0.25) is 4.79 Å². The summed E-state index contributed by atoms with van der Waals surface area (Å²) in [5.74, 6) is 0.754. The van der Waals surface area contributed by atoms with E-state index >= 15 is 0 Å². The lowest BCUT2D eigenvalue weighted by molar-refractivity contribution is 0.0735. The summed E-state index contributed by atoms with van der Waals surface area (Å²) in [6, 6.07) is 38.9. The molecule has 0 aliphatic heterocycles. The number of benzene rings is 5. The van der Waals surface area contributed by atoms with Crippen molar-refractivity contribution >= 4 is 11.8 Å². The van der Waals surface area contributed by atoms with Crippen LogP contribution in [0.15, 0.2) is 121 Å². The molecule has 4 heteroatoms. The van der Waals surface area contributed by atoms with Gasteiger partial charge in [0.15, 0.2) is 5.78 Å². The van der Waals surface area contributed by atoms with E-state index in [1.807, 2.05) is 66.7 Å². The largest absolute Gasteiger partial charge is 0.496 e. The molecule has 0 unspecified atom stereocenters. The van der Waals surface area contributed by atoms with E-state index < -0.39 is 5.97 Å². The monoisotopic (exact) mass is 540 g/mol. The predicted octanol–water partition coefficient (Wildman–Crippen LogP) is 8.78. The maximum absolute atomic E-state index is 13.1. The van der Waals surface area contributed by atoms with Gasteiger partial charge in [-0.15, -0.1) is 0 Å². The molecular weight excluding hydrogens is 508 g/mol. The Morgan fingerprint density at radius 2 is 1.05 bits per heavy atom. The van der Waals surface area contributed by atoms with Crippen LogP contribution in [0.2, 0.25) is 0 Å². The number of rotatable bonds is 8. The fourth-order valence-electron chi connectivity index (χ4n) is 4.96. The Morgan fingerprint density at radius 3 is 1.54 bits per heavy atom. The lowest BCUT2D eigenvalue weighted by atomic mass is 9.76. The minimum atomic E-state index is -0.480. The second-order valence-electron chi connectivity index (χ2n) is 10.5. The summed E-state index contributed by atoms with van der Waals surface area (Å²) in [5, 5.41) is 0. The van der Waals surface area contributed by atoms with Crippen molar-refractivity contribution < 1.29 is 19.1 Å². The molecule has 0 bridgehead atoms. The van der Waals surface area contributed by atoms with Gasteiger partial charge in [0, 0.05) is 22.1 Å². The molecule has 0 radical (unpaired) electrons. The van der Waals surface area contributed by atoms with Gasteiger partial charge in [0.2, 0.25) is 0 Å². The molecule has 204 valence electrons. The first-order valence-electron chi connectivity index (χ1n) is 13.5. The topological polar surface area (TPSA) is 52.6 Å². The van der Waals surface area contributed by atoms with E-state index in [0.717, 1.165) is 39.1 Å². The third-order valence-electron chi connectivity index (χ3n) is 7.52. The van der Waals surface area contributed by atoms with Crippen LogP contribution in [0.3, 0.4) is 0 Å². The van der Waals surface area contributed by atoms with Gasteiger partial charge in [0.1, 0.15) is 11.5 Å². The van der Waals surface area contributed by atoms with Crippen LogP contribution in [-0.4, -0.2) is 18.9 Å². The molecule has 4 nitrogen and oxygen atoms in total. The summed E-state index contributed by atoms with van der Waals surface area (Å²) in [6.07, 6.45) is 0. The van der Waals surface area contributed by atoms with Gasteiger partial charge in [-0.25, -0.2) is 4.79 Å². The first-order valence-corrected chi connectivity index (χ1v) is 13.5. The zero-order valence-electron chi connectivity index (χ0n) is 23.7. The number of hydrogen-bond acceptors (Lipinski definition) is 4. The van der Waals surface area contributed by atoms with Crippen LogP contribution >= 0.6 is 0 Å². The van der Waals surface area contributed by atoms with Crippen LogP contribution in [0.1, 0.15) is 52.6 Å². The molecule has 0 amide bonds. The maximum atomic E-state index is 13.1. The first kappa shape index (κ1) is 27.6. The van der Waals surface area contributed by atoms with Crippen LogP contribution < -0.4 is 9.47 Å². The lowest BCUT2D eigenvalue weighted by Crippen LogP contribution is -2.19. The Balaban J connectivity index is 1.54. The number of methoxy groups -OCH3 is 1. The molecule has 0 N–H and O–H groups in total. The fraction of sp³-hybridized carbons (Fsp3) is 0.135. The molecule has 5 aromatic rings. The molecular formula is C37H32O4. The van der Waals surface area contributed by atoms with Crippen LogP contribution in [0.5, 0.6) is 11.5 Å². The van der Waals surface area contributed by atoms with Crippen LogP contribution in [0, 0.1) is 0 Å². The molecule has 0 spiro atoms. The van der Waals surface area contributed by atoms with Gasteiger partial charge in [-0.1, -0.05) is 98.8 Å². The molecule has 0 saturated heterocycles. The number of carbonyl (C=O) groups excluding carboxylic acids is 2. The summed E-state index contributed by atoms with van der Waals surface area (Å²) in [6.45, 7) is 5.88. The minimum absolute atomic E-state index is 0.0535. The van der Waals surface area contributed by atoms with E-state index in [1.165, 1.54) is 6.92 Å². The second-order valence-corrected chi connectivity index (χ2v) is 10.5. The molecule has 0 fully saturated rings. The van der Waals surface area contributed by atoms with E-state index in [0.29, 0.717) is 16.9 Å². The molecule has 0 aliphatic rings. The van der Waals surface area contributed by atoms with E-state index in [1.54, 1.807) is 31.4 Å². The molecule has 5 rings (SSSR count). The summed E-state index contributed by atoms with van der Waals surface area (Å²) in [7, 11) is 1.69. The second kappa shape index (κ2) is 11.6. The highest BCUT2D eigenvalue weighted by Crippen LogP contribution is 2.41. The maximum Gasteiger partial charge on any atom is 0.343 e. The third-order valence-corrected chi connectivity index (χ3v) is 7.52. The Labute approximate surface area is 241 Å². The van der Waals surface area contributed by atoms with Gasteiger partial charge in [-0.05, 0) is 65.6 Å². The Morgan fingerprint density at radius 1 is 0.585 bits per heavy atom. The standard InChI is InChI=1S/C37H32O4/c1-25(38)26-15-17-29(18-16-26)36(39)41-35-22-20-31(24-33(35)28-13-9-6-10-14-28)37(2,3)30-19-21-34(40-4)32(23-30)27-11-7-5-8-12-27/h5-24H,1-4H3. The van der Waals surface area contributed by atoms with Crippen molar-refractivity contribution in [3.8, 4) is 33.8 Å². The molecule has 0 saturated carbocycles. The molecule has 0 heterocycles. The Kier molecular flexibility index (Phi) is 7.84. The third kappa shape index (κ3) is 5.82. The van der Waals surface area contributed by atoms with Crippen molar-refractivity contribution in [2.24, 2.45) is 0 Å². The van der Waals surface area contributed by atoms with Crippen molar-refractivity contribution in [1.29, 1.82) is 0 Å². The minimum Gasteiger partial charge on any atom is -0.496 e. The summed E-state index contributed by atoms with van der Waals surface area (Å²) >= 11 is 0. The number of Topliss-reactive ketones (excluding diaryl/α,β-unsaturated/α-hetero) is 1. The SMILES string of the molecule is COc1ccc(C(C)(C)c2ccc(OC(=O)c3ccc(C(C)=O)cc3)c(-c3ccccc3)c2)cc1-c1ccccc1. The Bertz CT molecular complexity index is 1690. The number of esters is 1. The van der Waals surface area contributed by atoms with Crippen molar-refractivity contribution in [3.63, 3.8) is 0 Å². The molecule has 5 aromatic carbocycles. The molecule has 41 heavy (non-hydrogen) atoms. The van der Waals surface area contributed by atoms with Crippen molar-refractivity contribution in [1.82, 2.24) is 0 Å². The van der Waals surface area contributed by atoms with E-state index in [2.05, 4.69) is 44.2 Å². The Hall–Kier alpha value is -4.96. The lowest BCUT2D eigenvalue weighted by Gasteiger charge is -2.28. The molecule has 0 atom stereocenters. The molecule has 0 aliphatic carbocycles. The van der Waals surface area contributed by atoms with E-state index in [4.69, 9.17) is 9.47 Å². The fourth-order valence-corrected chi connectivity index (χ4v) is 4.96. The van der Waals surface area contributed by atoms with Gasteiger partial charge in [-0.2, -0.15) is 0 Å². The quantitative estimate of drug-likeness (QED) is 0.112. The number of carbonyl (C=O) groups is 2. The van der Waals surface area contributed by atoms with E-state index in [9.17, 15) is 9.59 Å². The smallest absolute Gasteiger partial charge is 0.343 e. The number of hydrogen-bond donors (Lipinski definition) is 0. The van der Waals surface area contributed by atoms with Gasteiger partial charge in [0.25, 0.3) is 0 Å². The van der Waals surface area contributed by atoms with E-state index in [-0.39, 0.29) is 11.2 Å². The van der Waals surface area contributed by atoms with Crippen LogP contribution in [-0.2, 0) is 5.41 Å². The number of ether oxygens (including phenoxy) is 2. The van der Waals surface area contributed by atoms with Gasteiger partial charge in [0.05, 0.1) is 12.7 Å². The first-order chi connectivity index (χ1) is 19.8. The average Bonchev–Trinajstić information content (AvgIpc) is 3.01. The summed E-state index contributed by atoms with van der Waals surface area (Å²) in [4.78, 5) is 24.7. The average molecular weight is 541 g/mol. The highest BCUT2D eigenvalue weighted by Gasteiger charge is 2.26. The summed E-state index contributed by atoms with van der Waals surface area (Å²) in [5.41, 5.74) is 6.65. The van der Waals surface area contributed by atoms with Crippen molar-refractivity contribution in [3.05, 3.63) is 144 Å². The van der Waals surface area contributed by atoms with Crippen LogP contribution in [0.4, 0.5) is 0 Å². The highest BCUT2D eigenvalue weighted by molar-refractivity contribution is 5.97. The predicted molar refractivity (Wildman–Crippen MR) is 164 cm³/mol. The highest BCUT2D eigenvalue weighted by atomic mass is 16.5. The normalized spacial score (nSPS) is 11.1. The van der Waals surface area contributed by atoms with Gasteiger partial charge < -0.3 is 9.47 Å². The number of ketones is 1. The van der Waals surface area contributed by atoms with Crippen molar-refractivity contribution in [2.75, 3.05) is 7.11 Å². The summed E-state index contributed by atoms with van der Waals surface area (Å²) < 4.78 is 11.6. The molecule has 0 aromatic heterocycles.